The van der Waals surface area contributed by atoms with Crippen LogP contribution in [0.1, 0.15) is 6.92 Å². The van der Waals surface area contributed by atoms with Gasteiger partial charge in [-0.05, 0) is 52.7 Å². The molecule has 2 heterocycles. The van der Waals surface area contributed by atoms with Gasteiger partial charge in [-0.1, -0.05) is 6.92 Å². The maximum absolute atomic E-state index is 5.56. The lowest BCUT2D eigenvalue weighted by molar-refractivity contribution is 0.626. The molecule has 0 radical (unpaired) electrons. The van der Waals surface area contributed by atoms with Crippen molar-refractivity contribution in [1.82, 2.24) is 10.2 Å². The summed E-state index contributed by atoms with van der Waals surface area (Å²) in [6.07, 6.45) is 0. The molecule has 2 aromatic rings. The zero-order chi connectivity index (χ0) is 13.0. The molecule has 6 heteroatoms. The highest BCUT2D eigenvalue weighted by Crippen LogP contribution is 2.29. The van der Waals surface area contributed by atoms with Gasteiger partial charge in [-0.15, -0.1) is 21.5 Å². The minimum atomic E-state index is 0.430. The van der Waals surface area contributed by atoms with E-state index in [2.05, 4.69) is 38.4 Å². The molecule has 0 aromatic carbocycles. The van der Waals surface area contributed by atoms with Crippen LogP contribution in [0.5, 0.6) is 0 Å². The molecule has 0 aliphatic carbocycles. The van der Waals surface area contributed by atoms with Gasteiger partial charge in [0, 0.05) is 6.54 Å². The Balaban J connectivity index is 2.01. The third kappa shape index (κ3) is 3.51. The van der Waals surface area contributed by atoms with Gasteiger partial charge in [0.1, 0.15) is 11.5 Å². The largest absolute Gasteiger partial charge is 0.368 e. The predicted octanol–water partition coefficient (Wildman–Crippen LogP) is 2.97. The van der Waals surface area contributed by atoms with E-state index in [1.54, 1.807) is 11.3 Å². The molecule has 0 spiro atoms. The molecule has 1 unspecified atom stereocenters. The first-order valence-electron chi connectivity index (χ1n) is 5.72. The van der Waals surface area contributed by atoms with Gasteiger partial charge in [0.25, 0.3) is 0 Å². The smallest absolute Gasteiger partial charge is 0.148 e. The Hall–Kier alpha value is -0.980. The van der Waals surface area contributed by atoms with Gasteiger partial charge in [-0.25, -0.2) is 0 Å². The number of nitrogens with two attached hydrogens (primary N) is 1. The number of nitrogens with zero attached hydrogens (tertiary/aromatic N) is 2. The monoisotopic (exact) mass is 326 g/mol. The highest BCUT2D eigenvalue weighted by atomic mass is 79.9. The zero-order valence-corrected chi connectivity index (χ0v) is 12.5. The molecule has 0 aliphatic heterocycles. The molecule has 0 amide bonds. The highest BCUT2D eigenvalue weighted by Gasteiger charge is 2.04. The molecule has 0 aliphatic rings. The standard InChI is InChI=1S/C12H15BrN4S/c1-8(6-14)7-15-12-5-2-9(16-17-12)10-3-4-11(13)18-10/h2-5,8H,6-7,14H2,1H3,(H,15,17). The Morgan fingerprint density at radius 1 is 1.33 bits per heavy atom. The van der Waals surface area contributed by atoms with Crippen LogP contribution >= 0.6 is 27.3 Å². The fourth-order valence-electron chi connectivity index (χ4n) is 1.37. The van der Waals surface area contributed by atoms with Crippen LogP contribution in [0.25, 0.3) is 10.6 Å². The molecule has 0 saturated heterocycles. The van der Waals surface area contributed by atoms with Crippen molar-refractivity contribution in [3.8, 4) is 10.6 Å². The minimum Gasteiger partial charge on any atom is -0.368 e. The molecule has 2 rings (SSSR count). The van der Waals surface area contributed by atoms with Gasteiger partial charge in [-0.3, -0.25) is 0 Å². The number of hydrogen-bond acceptors (Lipinski definition) is 5. The highest BCUT2D eigenvalue weighted by molar-refractivity contribution is 9.11. The van der Waals surface area contributed by atoms with E-state index in [0.29, 0.717) is 12.5 Å². The van der Waals surface area contributed by atoms with E-state index < -0.39 is 0 Å². The lowest BCUT2D eigenvalue weighted by atomic mass is 10.2. The van der Waals surface area contributed by atoms with Crippen LogP contribution in [0.2, 0.25) is 0 Å². The average Bonchev–Trinajstić information content (AvgIpc) is 2.83. The van der Waals surface area contributed by atoms with Crippen molar-refractivity contribution < 1.29 is 0 Å². The number of hydrogen-bond donors (Lipinski definition) is 2. The first kappa shape index (κ1) is 13.5. The normalized spacial score (nSPS) is 12.4. The average molecular weight is 327 g/mol. The van der Waals surface area contributed by atoms with E-state index in [0.717, 1.165) is 26.7 Å². The third-order valence-electron chi connectivity index (χ3n) is 2.52. The summed E-state index contributed by atoms with van der Waals surface area (Å²) in [4.78, 5) is 1.11. The molecule has 0 saturated carbocycles. The summed E-state index contributed by atoms with van der Waals surface area (Å²) < 4.78 is 1.10. The summed E-state index contributed by atoms with van der Waals surface area (Å²) >= 11 is 5.08. The predicted molar refractivity (Wildman–Crippen MR) is 79.8 cm³/mol. The Morgan fingerprint density at radius 3 is 2.72 bits per heavy atom. The number of anilines is 1. The van der Waals surface area contributed by atoms with E-state index in [1.165, 1.54) is 0 Å². The molecule has 0 bridgehead atoms. The molecular formula is C12H15BrN4S. The number of rotatable bonds is 5. The quantitative estimate of drug-likeness (QED) is 0.886. The number of thiophene rings is 1. The lowest BCUT2D eigenvalue weighted by Crippen LogP contribution is -2.20. The summed E-state index contributed by atoms with van der Waals surface area (Å²) in [6, 6.07) is 7.96. The molecule has 18 heavy (non-hydrogen) atoms. The fourth-order valence-corrected chi connectivity index (χ4v) is 2.72. The van der Waals surface area contributed by atoms with Crippen LogP contribution in [-0.2, 0) is 0 Å². The Kier molecular flexibility index (Phi) is 4.68. The Labute approximate surface area is 119 Å². The summed E-state index contributed by atoms with van der Waals surface area (Å²) in [6.45, 7) is 3.58. The Morgan fingerprint density at radius 2 is 2.17 bits per heavy atom. The van der Waals surface area contributed by atoms with Crippen molar-refractivity contribution >= 4 is 33.1 Å². The number of halogens is 1. The van der Waals surface area contributed by atoms with E-state index in [1.807, 2.05) is 24.3 Å². The van der Waals surface area contributed by atoms with E-state index in [9.17, 15) is 0 Å². The van der Waals surface area contributed by atoms with Gasteiger partial charge >= 0.3 is 0 Å². The Bertz CT molecular complexity index is 497. The molecular weight excluding hydrogens is 312 g/mol. The van der Waals surface area contributed by atoms with Gasteiger partial charge in [0.2, 0.25) is 0 Å². The zero-order valence-electron chi connectivity index (χ0n) is 10.1. The van der Waals surface area contributed by atoms with Gasteiger partial charge in [-0.2, -0.15) is 0 Å². The molecule has 2 aromatic heterocycles. The second-order valence-corrected chi connectivity index (χ2v) is 6.59. The van der Waals surface area contributed by atoms with Crippen LogP contribution < -0.4 is 11.1 Å². The summed E-state index contributed by atoms with van der Waals surface area (Å²) in [5.41, 5.74) is 6.45. The van der Waals surface area contributed by atoms with Crippen LogP contribution in [0.15, 0.2) is 28.1 Å². The topological polar surface area (TPSA) is 63.8 Å². The van der Waals surface area contributed by atoms with Gasteiger partial charge in [0.05, 0.1) is 8.66 Å². The lowest BCUT2D eigenvalue weighted by Gasteiger charge is -2.09. The van der Waals surface area contributed by atoms with Crippen molar-refractivity contribution in [2.75, 3.05) is 18.4 Å². The fraction of sp³-hybridized carbons (Fsp3) is 0.333. The van der Waals surface area contributed by atoms with Gasteiger partial charge < -0.3 is 11.1 Å². The maximum atomic E-state index is 5.56. The molecule has 0 fully saturated rings. The second-order valence-electron chi connectivity index (χ2n) is 4.13. The number of nitrogens with one attached hydrogen (secondary N) is 1. The molecule has 3 N–H and O–H groups in total. The minimum absolute atomic E-state index is 0.430. The van der Waals surface area contributed by atoms with Crippen molar-refractivity contribution in [2.45, 2.75) is 6.92 Å². The van der Waals surface area contributed by atoms with E-state index >= 15 is 0 Å². The van der Waals surface area contributed by atoms with Crippen molar-refractivity contribution in [3.63, 3.8) is 0 Å². The SMILES string of the molecule is CC(CN)CNc1ccc(-c2ccc(Br)s2)nn1. The number of aromatic nitrogens is 2. The van der Waals surface area contributed by atoms with Crippen molar-refractivity contribution in [3.05, 3.63) is 28.1 Å². The van der Waals surface area contributed by atoms with E-state index in [-0.39, 0.29) is 0 Å². The van der Waals surface area contributed by atoms with Gasteiger partial charge in [0.15, 0.2) is 0 Å². The summed E-state index contributed by atoms with van der Waals surface area (Å²) in [7, 11) is 0. The van der Waals surface area contributed by atoms with E-state index in [4.69, 9.17) is 5.73 Å². The van der Waals surface area contributed by atoms with Crippen LogP contribution in [0, 0.1) is 5.92 Å². The first-order valence-corrected chi connectivity index (χ1v) is 7.33. The molecule has 96 valence electrons. The molecule has 4 nitrogen and oxygen atoms in total. The first-order chi connectivity index (χ1) is 8.69. The van der Waals surface area contributed by atoms with Crippen molar-refractivity contribution in [2.24, 2.45) is 11.7 Å². The molecule has 1 atom stereocenters. The van der Waals surface area contributed by atoms with Crippen LogP contribution in [0.4, 0.5) is 5.82 Å². The van der Waals surface area contributed by atoms with Crippen LogP contribution in [0.3, 0.4) is 0 Å². The maximum Gasteiger partial charge on any atom is 0.148 e. The summed E-state index contributed by atoms with van der Waals surface area (Å²) in [5, 5.41) is 11.6. The second kappa shape index (κ2) is 6.26. The van der Waals surface area contributed by atoms with Crippen molar-refractivity contribution in [1.29, 1.82) is 0 Å². The van der Waals surface area contributed by atoms with Crippen LogP contribution in [-0.4, -0.2) is 23.3 Å². The third-order valence-corrected chi connectivity index (χ3v) is 4.17. The summed E-state index contributed by atoms with van der Waals surface area (Å²) in [5.74, 6) is 1.22.